The van der Waals surface area contributed by atoms with Gasteiger partial charge in [-0.2, -0.15) is 0 Å². The van der Waals surface area contributed by atoms with Gasteiger partial charge in [0.1, 0.15) is 0 Å². The van der Waals surface area contributed by atoms with Crippen molar-refractivity contribution in [3.05, 3.63) is 41.2 Å². The molecular formula is C13H17P. The third kappa shape index (κ3) is 1.42. The van der Waals surface area contributed by atoms with E-state index in [9.17, 15) is 0 Å². The third-order valence-electron chi connectivity index (χ3n) is 2.80. The summed E-state index contributed by atoms with van der Waals surface area (Å²) in [5.41, 5.74) is 1.52. The van der Waals surface area contributed by atoms with E-state index in [0.29, 0.717) is 5.16 Å². The summed E-state index contributed by atoms with van der Waals surface area (Å²) in [6.45, 7) is 9.22. The Kier molecular flexibility index (Phi) is 2.27. The zero-order valence-electron chi connectivity index (χ0n) is 9.33. The minimum Gasteiger partial charge on any atom is -0.0715 e. The number of rotatable bonds is 1. The molecule has 0 N–H and O–H groups in total. The lowest BCUT2D eigenvalue weighted by Crippen LogP contribution is -1.98. The highest BCUT2D eigenvalue weighted by Gasteiger charge is 2.53. The van der Waals surface area contributed by atoms with Gasteiger partial charge in [-0.15, -0.1) is 0 Å². The summed E-state index contributed by atoms with van der Waals surface area (Å²) in [7, 11) is -0.0121. The molecule has 1 aromatic carbocycles. The molecule has 1 unspecified atom stereocenters. The first-order valence-corrected chi connectivity index (χ1v) is 6.42. The second-order valence-corrected chi connectivity index (χ2v) is 7.33. The van der Waals surface area contributed by atoms with Crippen molar-refractivity contribution in [3.63, 3.8) is 0 Å². The van der Waals surface area contributed by atoms with Gasteiger partial charge in [0.05, 0.1) is 0 Å². The zero-order chi connectivity index (χ0) is 10.3. The summed E-state index contributed by atoms with van der Waals surface area (Å²) in [6, 6.07) is 10.9. The van der Waals surface area contributed by atoms with Crippen LogP contribution in [-0.2, 0) is 0 Å². The summed E-state index contributed by atoms with van der Waals surface area (Å²) < 4.78 is 0. The molecule has 0 amide bonds. The van der Waals surface area contributed by atoms with Gasteiger partial charge in [0.2, 0.25) is 0 Å². The van der Waals surface area contributed by atoms with Crippen LogP contribution in [0, 0.1) is 0 Å². The van der Waals surface area contributed by atoms with Gasteiger partial charge in [0.25, 0.3) is 0 Å². The highest BCUT2D eigenvalue weighted by molar-refractivity contribution is 7.80. The van der Waals surface area contributed by atoms with E-state index in [1.54, 1.807) is 5.31 Å². The fourth-order valence-electron chi connectivity index (χ4n) is 2.28. The quantitative estimate of drug-likeness (QED) is 0.609. The maximum Gasteiger partial charge on any atom is 0.0183 e. The highest BCUT2D eigenvalue weighted by atomic mass is 31.1. The van der Waals surface area contributed by atoms with Crippen LogP contribution in [-0.4, -0.2) is 5.16 Å². The van der Waals surface area contributed by atoms with Gasteiger partial charge in [-0.1, -0.05) is 49.8 Å². The molecular weight excluding hydrogens is 187 g/mol. The van der Waals surface area contributed by atoms with E-state index in [1.165, 1.54) is 10.9 Å². The second kappa shape index (κ2) is 3.21. The maximum absolute atomic E-state index is 2.37. The molecule has 1 aromatic rings. The van der Waals surface area contributed by atoms with Crippen molar-refractivity contribution in [1.29, 1.82) is 0 Å². The minimum absolute atomic E-state index is 0.0121. The Hall–Kier alpha value is -0.610. The molecule has 2 rings (SSSR count). The lowest BCUT2D eigenvalue weighted by atomic mass is 10.1. The normalized spacial score (nSPS) is 23.4. The molecule has 1 atom stereocenters. The summed E-state index contributed by atoms with van der Waals surface area (Å²) in [4.78, 5) is 0. The van der Waals surface area contributed by atoms with Crippen molar-refractivity contribution in [3.8, 4) is 0 Å². The molecule has 1 aliphatic heterocycles. The molecule has 1 heterocycles. The van der Waals surface area contributed by atoms with Gasteiger partial charge < -0.3 is 0 Å². The van der Waals surface area contributed by atoms with Crippen LogP contribution in [0.4, 0.5) is 0 Å². The summed E-state index contributed by atoms with van der Waals surface area (Å²) in [5.74, 6) is 0. The van der Waals surface area contributed by atoms with E-state index in [2.05, 4.69) is 58.0 Å². The van der Waals surface area contributed by atoms with Gasteiger partial charge in [0.15, 0.2) is 0 Å². The Labute approximate surface area is 87.8 Å². The number of hydrogen-bond donors (Lipinski definition) is 0. The van der Waals surface area contributed by atoms with Crippen LogP contribution in [0.3, 0.4) is 0 Å². The van der Waals surface area contributed by atoms with Gasteiger partial charge in [-0.25, -0.2) is 0 Å². The van der Waals surface area contributed by atoms with E-state index in [1.807, 2.05) is 0 Å². The fourth-order valence-corrected chi connectivity index (χ4v) is 5.31. The predicted molar refractivity (Wildman–Crippen MR) is 65.4 cm³/mol. The van der Waals surface area contributed by atoms with Crippen LogP contribution in [0.1, 0.15) is 27.7 Å². The Morgan fingerprint density at radius 2 is 1.64 bits per heavy atom. The maximum atomic E-state index is 2.37. The highest BCUT2D eigenvalue weighted by Crippen LogP contribution is 2.78. The van der Waals surface area contributed by atoms with E-state index < -0.39 is 0 Å². The predicted octanol–water partition coefficient (Wildman–Crippen LogP) is 3.88. The molecule has 0 radical (unpaired) electrons. The smallest absolute Gasteiger partial charge is 0.0183 e. The molecule has 0 bridgehead atoms. The average molecular weight is 204 g/mol. The Bertz CT molecular complexity index is 369. The second-order valence-electron chi connectivity index (χ2n) is 4.58. The van der Waals surface area contributed by atoms with Crippen molar-refractivity contribution >= 4 is 13.2 Å². The van der Waals surface area contributed by atoms with Crippen molar-refractivity contribution < 1.29 is 0 Å². The van der Waals surface area contributed by atoms with E-state index in [4.69, 9.17) is 0 Å². The van der Waals surface area contributed by atoms with E-state index >= 15 is 0 Å². The lowest BCUT2D eigenvalue weighted by molar-refractivity contribution is 0.939. The molecule has 0 aliphatic carbocycles. The molecule has 0 saturated carbocycles. The van der Waals surface area contributed by atoms with Crippen LogP contribution >= 0.6 is 7.92 Å². The van der Waals surface area contributed by atoms with Crippen molar-refractivity contribution in [2.75, 3.05) is 0 Å². The summed E-state index contributed by atoms with van der Waals surface area (Å²) in [5, 5.41) is 3.68. The molecule has 1 fully saturated rings. The van der Waals surface area contributed by atoms with Crippen LogP contribution < -0.4 is 5.30 Å². The molecule has 1 saturated heterocycles. The monoisotopic (exact) mass is 204 g/mol. The number of benzene rings is 1. The van der Waals surface area contributed by atoms with Crippen molar-refractivity contribution in [2.45, 2.75) is 32.9 Å². The van der Waals surface area contributed by atoms with Crippen LogP contribution in [0.15, 0.2) is 41.2 Å². The molecule has 0 spiro atoms. The summed E-state index contributed by atoms with van der Waals surface area (Å²) in [6.07, 6.45) is 0. The van der Waals surface area contributed by atoms with Gasteiger partial charge in [-0.3, -0.25) is 0 Å². The largest absolute Gasteiger partial charge is 0.0715 e. The van der Waals surface area contributed by atoms with Gasteiger partial charge in [0, 0.05) is 5.16 Å². The van der Waals surface area contributed by atoms with Crippen molar-refractivity contribution in [1.82, 2.24) is 0 Å². The SMILES string of the molecule is CC(C)=C1P(c2ccccc2)C1(C)C. The first-order chi connectivity index (χ1) is 6.55. The zero-order valence-corrected chi connectivity index (χ0v) is 10.2. The molecule has 0 aromatic heterocycles. The topological polar surface area (TPSA) is 0 Å². The Balaban J connectivity index is 2.38. The molecule has 1 heteroatoms. The van der Waals surface area contributed by atoms with E-state index in [0.717, 1.165) is 0 Å². The fraction of sp³-hybridized carbons (Fsp3) is 0.385. The van der Waals surface area contributed by atoms with E-state index in [-0.39, 0.29) is 7.92 Å². The standard InChI is InChI=1S/C13H17P/c1-10(2)12-13(3,4)14(12)11-8-6-5-7-9-11/h5-9H,1-4H3. The van der Waals surface area contributed by atoms with Crippen molar-refractivity contribution in [2.24, 2.45) is 0 Å². The summed E-state index contributed by atoms with van der Waals surface area (Å²) >= 11 is 0. The Morgan fingerprint density at radius 1 is 1.07 bits per heavy atom. The number of hydrogen-bond acceptors (Lipinski definition) is 0. The first kappa shape index (κ1) is 9.93. The van der Waals surface area contributed by atoms with Crippen LogP contribution in [0.5, 0.6) is 0 Å². The molecule has 0 nitrogen and oxygen atoms in total. The lowest BCUT2D eigenvalue weighted by Gasteiger charge is -2.00. The number of allylic oxidation sites excluding steroid dienone is 2. The molecule has 14 heavy (non-hydrogen) atoms. The first-order valence-electron chi connectivity index (χ1n) is 5.08. The van der Waals surface area contributed by atoms with Gasteiger partial charge >= 0.3 is 0 Å². The molecule has 1 aliphatic rings. The Morgan fingerprint density at radius 3 is 2.07 bits per heavy atom. The minimum atomic E-state index is -0.0121. The average Bonchev–Trinajstić information content (AvgIpc) is 2.71. The van der Waals surface area contributed by atoms with Gasteiger partial charge in [-0.05, 0) is 32.4 Å². The third-order valence-corrected chi connectivity index (χ3v) is 6.19. The molecule has 74 valence electrons. The van der Waals surface area contributed by atoms with Crippen LogP contribution in [0.25, 0.3) is 0 Å². The van der Waals surface area contributed by atoms with Crippen LogP contribution in [0.2, 0.25) is 0 Å².